The Labute approximate surface area is 152 Å². The number of benzene rings is 2. The van der Waals surface area contributed by atoms with E-state index in [4.69, 9.17) is 4.74 Å². The number of hydrogen-bond donors (Lipinski definition) is 1. The minimum atomic E-state index is -0.901. The van der Waals surface area contributed by atoms with Crippen molar-refractivity contribution in [1.82, 2.24) is 4.90 Å². The summed E-state index contributed by atoms with van der Waals surface area (Å²) in [6, 6.07) is 13.6. The fourth-order valence-corrected chi connectivity index (χ4v) is 4.18. The van der Waals surface area contributed by atoms with Gasteiger partial charge in [-0.05, 0) is 24.3 Å². The molecule has 1 saturated carbocycles. The highest BCUT2D eigenvalue weighted by atomic mass is 16.5. The van der Waals surface area contributed by atoms with Crippen molar-refractivity contribution in [2.75, 3.05) is 13.2 Å². The number of amides is 2. The van der Waals surface area contributed by atoms with E-state index >= 15 is 0 Å². The van der Waals surface area contributed by atoms with E-state index in [1.165, 1.54) is 4.90 Å². The van der Waals surface area contributed by atoms with Crippen LogP contribution in [0.15, 0.2) is 42.5 Å². The summed E-state index contributed by atoms with van der Waals surface area (Å²) in [5.74, 6) is 0.0904. The molecule has 2 fully saturated rings. The summed E-state index contributed by atoms with van der Waals surface area (Å²) < 4.78 is 5.78. The SMILES string of the molecule is O=C1[C@H]2CCCC[C@H]2C(=O)N1C[C@H](O)COc1cccc2ccccc12. The predicted molar refractivity (Wildman–Crippen MR) is 97.6 cm³/mol. The number of β-amino-alcohol motifs (C(OH)–C–C–N with tert-alkyl or cyclic N) is 1. The van der Waals surface area contributed by atoms with Gasteiger partial charge in [0.15, 0.2) is 0 Å². The summed E-state index contributed by atoms with van der Waals surface area (Å²) in [6.45, 7) is 0.0514. The molecule has 2 aromatic rings. The Kier molecular flexibility index (Phi) is 4.64. The number of carbonyl (C=O) groups excluding carboxylic acids is 2. The molecular weight excluding hydrogens is 330 g/mol. The Balaban J connectivity index is 1.40. The van der Waals surface area contributed by atoms with Crippen LogP contribution in [-0.4, -0.2) is 41.1 Å². The highest BCUT2D eigenvalue weighted by Gasteiger charge is 2.48. The summed E-state index contributed by atoms with van der Waals surface area (Å²) in [7, 11) is 0. The molecule has 2 aliphatic rings. The molecule has 1 saturated heterocycles. The van der Waals surface area contributed by atoms with Gasteiger partial charge >= 0.3 is 0 Å². The van der Waals surface area contributed by atoms with E-state index < -0.39 is 6.10 Å². The number of likely N-dealkylation sites (tertiary alicyclic amines) is 1. The Morgan fingerprint density at radius 1 is 1.00 bits per heavy atom. The quantitative estimate of drug-likeness (QED) is 0.840. The van der Waals surface area contributed by atoms with Crippen LogP contribution >= 0.6 is 0 Å². The highest BCUT2D eigenvalue weighted by Crippen LogP contribution is 2.38. The molecule has 1 aliphatic carbocycles. The van der Waals surface area contributed by atoms with E-state index in [1.54, 1.807) is 0 Å². The molecule has 5 nitrogen and oxygen atoms in total. The second-order valence-corrected chi connectivity index (χ2v) is 7.23. The zero-order valence-electron chi connectivity index (χ0n) is 14.6. The Bertz CT molecular complexity index is 804. The van der Waals surface area contributed by atoms with E-state index in [2.05, 4.69) is 0 Å². The maximum atomic E-state index is 12.5. The number of nitrogens with zero attached hydrogens (tertiary/aromatic N) is 1. The molecule has 2 aromatic carbocycles. The van der Waals surface area contributed by atoms with Crippen molar-refractivity contribution < 1.29 is 19.4 Å². The van der Waals surface area contributed by atoms with Gasteiger partial charge in [-0.15, -0.1) is 0 Å². The minimum Gasteiger partial charge on any atom is -0.490 e. The van der Waals surface area contributed by atoms with Crippen LogP contribution in [0, 0.1) is 11.8 Å². The summed E-state index contributed by atoms with van der Waals surface area (Å²) in [4.78, 5) is 26.2. The predicted octanol–water partition coefficient (Wildman–Crippen LogP) is 2.75. The normalized spacial score (nSPS) is 24.0. The Morgan fingerprint density at radius 3 is 2.38 bits per heavy atom. The summed E-state index contributed by atoms with van der Waals surface area (Å²) in [5.41, 5.74) is 0. The largest absolute Gasteiger partial charge is 0.490 e. The van der Waals surface area contributed by atoms with Crippen LogP contribution in [-0.2, 0) is 9.59 Å². The van der Waals surface area contributed by atoms with Gasteiger partial charge in [0, 0.05) is 5.39 Å². The van der Waals surface area contributed by atoms with E-state index in [9.17, 15) is 14.7 Å². The van der Waals surface area contributed by atoms with Gasteiger partial charge in [0.2, 0.25) is 11.8 Å². The van der Waals surface area contributed by atoms with Crippen LogP contribution in [0.2, 0.25) is 0 Å². The van der Waals surface area contributed by atoms with Gasteiger partial charge in [-0.2, -0.15) is 0 Å². The van der Waals surface area contributed by atoms with Crippen LogP contribution in [0.25, 0.3) is 10.8 Å². The second-order valence-electron chi connectivity index (χ2n) is 7.23. The smallest absolute Gasteiger partial charge is 0.233 e. The lowest BCUT2D eigenvalue weighted by atomic mass is 9.81. The van der Waals surface area contributed by atoms with E-state index in [1.807, 2.05) is 42.5 Å². The fraction of sp³-hybridized carbons (Fsp3) is 0.429. The first-order valence-electron chi connectivity index (χ1n) is 9.29. The number of aliphatic hydroxyl groups is 1. The molecule has 4 rings (SSSR count). The molecule has 3 atom stereocenters. The maximum Gasteiger partial charge on any atom is 0.233 e. The maximum absolute atomic E-state index is 12.5. The monoisotopic (exact) mass is 353 g/mol. The standard InChI is InChI=1S/C21H23NO4/c23-15(12-22-20(24)17-9-3-4-10-18(17)21(22)25)13-26-19-11-5-7-14-6-1-2-8-16(14)19/h1-2,5-8,11,15,17-18,23H,3-4,9-10,12-13H2/t15-,17-,18+/m0/s1. The molecule has 1 aliphatic heterocycles. The van der Waals surface area contributed by atoms with Crippen LogP contribution in [0.4, 0.5) is 0 Å². The van der Waals surface area contributed by atoms with Crippen molar-refractivity contribution in [2.45, 2.75) is 31.8 Å². The van der Waals surface area contributed by atoms with Crippen molar-refractivity contribution in [3.63, 3.8) is 0 Å². The average Bonchev–Trinajstić information content (AvgIpc) is 2.91. The molecule has 136 valence electrons. The van der Waals surface area contributed by atoms with Gasteiger partial charge in [0.1, 0.15) is 18.5 Å². The third-order valence-corrected chi connectivity index (χ3v) is 5.51. The van der Waals surface area contributed by atoms with Crippen LogP contribution in [0.1, 0.15) is 25.7 Å². The van der Waals surface area contributed by atoms with Crippen LogP contribution in [0.5, 0.6) is 5.75 Å². The lowest BCUT2D eigenvalue weighted by molar-refractivity contribution is -0.141. The van der Waals surface area contributed by atoms with Crippen molar-refractivity contribution in [2.24, 2.45) is 11.8 Å². The second kappa shape index (κ2) is 7.08. The van der Waals surface area contributed by atoms with Gasteiger partial charge in [-0.25, -0.2) is 0 Å². The highest BCUT2D eigenvalue weighted by molar-refractivity contribution is 6.05. The van der Waals surface area contributed by atoms with Crippen LogP contribution in [0.3, 0.4) is 0 Å². The zero-order chi connectivity index (χ0) is 18.1. The molecule has 0 radical (unpaired) electrons. The molecule has 1 heterocycles. The average molecular weight is 353 g/mol. The summed E-state index contributed by atoms with van der Waals surface area (Å²) in [5, 5.41) is 12.4. The topological polar surface area (TPSA) is 66.8 Å². The number of fused-ring (bicyclic) bond motifs is 2. The van der Waals surface area contributed by atoms with Gasteiger partial charge in [0.25, 0.3) is 0 Å². The Hall–Kier alpha value is -2.40. The Morgan fingerprint density at radius 2 is 1.65 bits per heavy atom. The molecule has 1 N–H and O–H groups in total. The van der Waals surface area contributed by atoms with Gasteiger partial charge in [0.05, 0.1) is 18.4 Å². The van der Waals surface area contributed by atoms with E-state index in [0.717, 1.165) is 36.5 Å². The lowest BCUT2D eigenvalue weighted by Gasteiger charge is -2.20. The number of ether oxygens (including phenoxy) is 1. The molecule has 26 heavy (non-hydrogen) atoms. The fourth-order valence-electron chi connectivity index (χ4n) is 4.18. The molecule has 0 bridgehead atoms. The first kappa shape index (κ1) is 17.0. The molecule has 0 aromatic heterocycles. The number of aliphatic hydroxyl groups excluding tert-OH is 1. The van der Waals surface area contributed by atoms with Crippen molar-refractivity contribution in [3.05, 3.63) is 42.5 Å². The van der Waals surface area contributed by atoms with Crippen molar-refractivity contribution in [1.29, 1.82) is 0 Å². The third-order valence-electron chi connectivity index (χ3n) is 5.51. The molecule has 5 heteroatoms. The van der Waals surface area contributed by atoms with E-state index in [-0.39, 0.29) is 36.8 Å². The molecule has 0 unspecified atom stereocenters. The lowest BCUT2D eigenvalue weighted by Crippen LogP contribution is -2.40. The van der Waals surface area contributed by atoms with E-state index in [0.29, 0.717) is 5.75 Å². The van der Waals surface area contributed by atoms with Gasteiger partial charge in [-0.1, -0.05) is 49.2 Å². The summed E-state index contributed by atoms with van der Waals surface area (Å²) >= 11 is 0. The number of imide groups is 1. The number of hydrogen-bond acceptors (Lipinski definition) is 4. The van der Waals surface area contributed by atoms with Crippen molar-refractivity contribution >= 4 is 22.6 Å². The zero-order valence-corrected chi connectivity index (χ0v) is 14.6. The summed E-state index contributed by atoms with van der Waals surface area (Å²) in [6.07, 6.45) is 2.67. The number of rotatable bonds is 5. The van der Waals surface area contributed by atoms with Gasteiger partial charge < -0.3 is 9.84 Å². The number of carbonyl (C=O) groups is 2. The molecular formula is C21H23NO4. The van der Waals surface area contributed by atoms with Crippen molar-refractivity contribution in [3.8, 4) is 5.75 Å². The van der Waals surface area contributed by atoms with Gasteiger partial charge in [-0.3, -0.25) is 14.5 Å². The minimum absolute atomic E-state index is 0.00936. The first-order chi connectivity index (χ1) is 12.6. The molecule has 0 spiro atoms. The third kappa shape index (κ3) is 3.07. The first-order valence-corrected chi connectivity index (χ1v) is 9.29. The van der Waals surface area contributed by atoms with Crippen LogP contribution < -0.4 is 4.74 Å². The molecule has 2 amide bonds.